The summed E-state index contributed by atoms with van der Waals surface area (Å²) < 4.78 is 32.3. The second-order valence-electron chi connectivity index (χ2n) is 5.64. The van der Waals surface area contributed by atoms with Gasteiger partial charge in [-0.15, -0.1) is 0 Å². The quantitative estimate of drug-likeness (QED) is 0.793. The van der Waals surface area contributed by atoms with E-state index in [0.717, 1.165) is 6.42 Å². The minimum atomic E-state index is -3.70. The summed E-state index contributed by atoms with van der Waals surface area (Å²) in [5.41, 5.74) is 0.864. The molecule has 0 spiro atoms. The molecule has 1 amide bonds. The second kappa shape index (κ2) is 8.02. The van der Waals surface area contributed by atoms with Crippen molar-refractivity contribution in [2.24, 2.45) is 0 Å². The summed E-state index contributed by atoms with van der Waals surface area (Å²) in [7, 11) is -2.19. The first kappa shape index (κ1) is 18.8. The van der Waals surface area contributed by atoms with Crippen molar-refractivity contribution in [1.29, 1.82) is 0 Å². The van der Waals surface area contributed by atoms with Crippen molar-refractivity contribution in [2.75, 3.05) is 11.8 Å². The fourth-order valence-corrected chi connectivity index (χ4v) is 3.13. The van der Waals surface area contributed by atoms with Gasteiger partial charge in [0, 0.05) is 17.3 Å². The Bertz CT molecular complexity index is 815. The highest BCUT2D eigenvalue weighted by Gasteiger charge is 2.15. The normalized spacial score (nSPS) is 12.3. The lowest BCUT2D eigenvalue weighted by Crippen LogP contribution is -2.31. The molecule has 0 aliphatic rings. The summed E-state index contributed by atoms with van der Waals surface area (Å²) in [6, 6.07) is 12.5. The summed E-state index contributed by atoms with van der Waals surface area (Å²) >= 11 is 0. The fraction of sp³-hybridized carbons (Fsp3) is 0.278. The number of hydrogen-bond acceptors (Lipinski definition) is 4. The molecule has 0 saturated carbocycles. The van der Waals surface area contributed by atoms with Crippen molar-refractivity contribution in [1.82, 2.24) is 5.32 Å². The molecule has 0 radical (unpaired) electrons. The first-order valence-corrected chi connectivity index (χ1v) is 9.42. The Hall–Kier alpha value is -2.54. The van der Waals surface area contributed by atoms with Crippen LogP contribution in [-0.4, -0.2) is 27.5 Å². The minimum absolute atomic E-state index is 0.0840. The van der Waals surface area contributed by atoms with E-state index in [9.17, 15) is 13.2 Å². The van der Waals surface area contributed by atoms with Crippen LogP contribution in [0.15, 0.2) is 53.4 Å². The molecule has 2 rings (SSSR count). The first-order chi connectivity index (χ1) is 11.9. The van der Waals surface area contributed by atoms with E-state index >= 15 is 0 Å². The number of ether oxygens (including phenoxy) is 1. The first-order valence-electron chi connectivity index (χ1n) is 7.93. The Morgan fingerprint density at radius 1 is 1.08 bits per heavy atom. The van der Waals surface area contributed by atoms with Crippen LogP contribution in [0.2, 0.25) is 0 Å². The molecule has 134 valence electrons. The smallest absolute Gasteiger partial charge is 0.261 e. The summed E-state index contributed by atoms with van der Waals surface area (Å²) in [5, 5.41) is 2.86. The van der Waals surface area contributed by atoms with Crippen LogP contribution in [0, 0.1) is 0 Å². The molecule has 0 aliphatic carbocycles. The van der Waals surface area contributed by atoms with Gasteiger partial charge in [0.15, 0.2) is 0 Å². The number of carbonyl (C=O) groups excluding carboxylic acids is 1. The summed E-state index contributed by atoms with van der Waals surface area (Å²) in [6.45, 7) is 3.91. The number of benzene rings is 2. The zero-order valence-corrected chi connectivity index (χ0v) is 15.3. The number of nitrogens with one attached hydrogen (secondary N) is 2. The molecule has 0 aromatic heterocycles. The Morgan fingerprint density at radius 3 is 2.20 bits per heavy atom. The number of amides is 1. The van der Waals surface area contributed by atoms with E-state index in [1.807, 2.05) is 13.8 Å². The second-order valence-corrected chi connectivity index (χ2v) is 7.32. The fourth-order valence-electron chi connectivity index (χ4n) is 2.07. The van der Waals surface area contributed by atoms with Gasteiger partial charge in [-0.2, -0.15) is 0 Å². The van der Waals surface area contributed by atoms with Crippen LogP contribution in [-0.2, 0) is 10.0 Å². The van der Waals surface area contributed by atoms with Crippen molar-refractivity contribution >= 4 is 21.6 Å². The highest BCUT2D eigenvalue weighted by atomic mass is 32.2. The third-order valence-corrected chi connectivity index (χ3v) is 5.16. The Balaban J connectivity index is 2.10. The lowest BCUT2D eigenvalue weighted by Gasteiger charge is -2.12. The number of methoxy groups -OCH3 is 1. The molecule has 0 aliphatic heterocycles. The van der Waals surface area contributed by atoms with E-state index in [2.05, 4.69) is 10.0 Å². The molecule has 0 bridgehead atoms. The van der Waals surface area contributed by atoms with Crippen LogP contribution in [0.4, 0.5) is 5.69 Å². The average molecular weight is 362 g/mol. The van der Waals surface area contributed by atoms with Gasteiger partial charge < -0.3 is 10.1 Å². The van der Waals surface area contributed by atoms with Gasteiger partial charge in [-0.25, -0.2) is 8.42 Å². The predicted octanol–water partition coefficient (Wildman–Crippen LogP) is 3.02. The maximum Gasteiger partial charge on any atom is 0.261 e. The molecular formula is C18H22N2O4S. The summed E-state index contributed by atoms with van der Waals surface area (Å²) in [5.74, 6) is 0.398. The summed E-state index contributed by atoms with van der Waals surface area (Å²) in [4.78, 5) is 12.2. The van der Waals surface area contributed by atoms with Crippen LogP contribution in [0.25, 0.3) is 0 Å². The number of anilines is 1. The molecular weight excluding hydrogens is 340 g/mol. The van der Waals surface area contributed by atoms with Gasteiger partial charge in [-0.05, 0) is 61.9 Å². The maximum atomic E-state index is 12.4. The molecule has 2 aromatic rings. The maximum absolute atomic E-state index is 12.4. The average Bonchev–Trinajstić information content (AvgIpc) is 2.61. The van der Waals surface area contributed by atoms with Crippen LogP contribution in [0.5, 0.6) is 5.75 Å². The van der Waals surface area contributed by atoms with Crippen molar-refractivity contribution in [3.63, 3.8) is 0 Å². The lowest BCUT2D eigenvalue weighted by molar-refractivity contribution is 0.0939. The predicted molar refractivity (Wildman–Crippen MR) is 97.5 cm³/mol. The lowest BCUT2D eigenvalue weighted by atomic mass is 10.1. The number of rotatable bonds is 7. The third kappa shape index (κ3) is 4.96. The standard InChI is InChI=1S/C18H22N2O4S/c1-4-13(2)19-18(21)14-5-7-15(8-6-14)20-25(22,23)17-11-9-16(24-3)10-12-17/h5-13,20H,4H2,1-3H3,(H,19,21)/t13-/m0/s1. The Morgan fingerprint density at radius 2 is 1.68 bits per heavy atom. The SMILES string of the molecule is CC[C@H](C)NC(=O)c1ccc(NS(=O)(=O)c2ccc(OC)cc2)cc1. The Kier molecular flexibility index (Phi) is 6.03. The highest BCUT2D eigenvalue weighted by Crippen LogP contribution is 2.19. The molecule has 2 aromatic carbocycles. The molecule has 7 heteroatoms. The van der Waals surface area contributed by atoms with Crippen molar-refractivity contribution < 1.29 is 17.9 Å². The zero-order chi connectivity index (χ0) is 18.4. The molecule has 6 nitrogen and oxygen atoms in total. The van der Waals surface area contributed by atoms with Gasteiger partial charge in [0.25, 0.3) is 15.9 Å². The zero-order valence-electron chi connectivity index (χ0n) is 14.4. The summed E-state index contributed by atoms with van der Waals surface area (Å²) in [6.07, 6.45) is 0.839. The van der Waals surface area contributed by atoms with Crippen molar-refractivity contribution in [2.45, 2.75) is 31.2 Å². The van der Waals surface area contributed by atoms with E-state index in [1.54, 1.807) is 36.4 Å². The van der Waals surface area contributed by atoms with Crippen LogP contribution < -0.4 is 14.8 Å². The van der Waals surface area contributed by atoms with E-state index in [0.29, 0.717) is 17.0 Å². The largest absolute Gasteiger partial charge is 0.497 e. The van der Waals surface area contributed by atoms with E-state index < -0.39 is 10.0 Å². The van der Waals surface area contributed by atoms with Crippen molar-refractivity contribution in [3.8, 4) is 5.75 Å². The minimum Gasteiger partial charge on any atom is -0.497 e. The van der Waals surface area contributed by atoms with E-state index in [4.69, 9.17) is 4.74 Å². The van der Waals surface area contributed by atoms with Crippen molar-refractivity contribution in [3.05, 3.63) is 54.1 Å². The van der Waals surface area contributed by atoms with Gasteiger partial charge in [0.1, 0.15) is 5.75 Å². The molecule has 0 saturated heterocycles. The monoisotopic (exact) mass is 362 g/mol. The van der Waals surface area contributed by atoms with E-state index in [-0.39, 0.29) is 16.8 Å². The van der Waals surface area contributed by atoms with Gasteiger partial charge in [0.05, 0.1) is 12.0 Å². The van der Waals surface area contributed by atoms with Gasteiger partial charge >= 0.3 is 0 Å². The van der Waals surface area contributed by atoms with Crippen LogP contribution in [0.3, 0.4) is 0 Å². The van der Waals surface area contributed by atoms with Gasteiger partial charge in [-0.1, -0.05) is 6.92 Å². The third-order valence-electron chi connectivity index (χ3n) is 3.76. The van der Waals surface area contributed by atoms with E-state index in [1.165, 1.54) is 19.2 Å². The Labute approximate surface area is 148 Å². The molecule has 0 heterocycles. The van der Waals surface area contributed by atoms with Crippen LogP contribution >= 0.6 is 0 Å². The number of sulfonamides is 1. The molecule has 0 fully saturated rings. The van der Waals surface area contributed by atoms with Gasteiger partial charge in [-0.3, -0.25) is 9.52 Å². The molecule has 0 unspecified atom stereocenters. The topological polar surface area (TPSA) is 84.5 Å². The van der Waals surface area contributed by atoms with Gasteiger partial charge in [0.2, 0.25) is 0 Å². The molecule has 2 N–H and O–H groups in total. The number of hydrogen-bond donors (Lipinski definition) is 2. The molecule has 1 atom stereocenters. The van der Waals surface area contributed by atoms with Crippen LogP contribution in [0.1, 0.15) is 30.6 Å². The highest BCUT2D eigenvalue weighted by molar-refractivity contribution is 7.92. The molecule has 25 heavy (non-hydrogen) atoms. The number of carbonyl (C=O) groups is 1.